The lowest BCUT2D eigenvalue weighted by molar-refractivity contribution is 0.703. The molecule has 0 aliphatic rings. The van der Waals surface area contributed by atoms with Crippen LogP contribution in [0, 0.1) is 20.8 Å². The van der Waals surface area contributed by atoms with Crippen LogP contribution < -0.4 is 5.56 Å². The highest BCUT2D eigenvalue weighted by Crippen LogP contribution is 2.19. The maximum atomic E-state index is 13.2. The van der Waals surface area contributed by atoms with Crippen LogP contribution in [0.1, 0.15) is 41.7 Å². The van der Waals surface area contributed by atoms with Crippen molar-refractivity contribution in [2.24, 2.45) is 5.10 Å². The standard InChI is InChI=1S/C24H24BrN5O/c1-5-6-23-28-21-9-8-19(25)12-20(21)24(31)30(23)27-14-18-11-16(3)29(17(18)4)22-10-7-15(2)13-26-22/h7-14H,5-6H2,1-4H3. The summed E-state index contributed by atoms with van der Waals surface area (Å²) in [6.45, 7) is 8.15. The molecule has 0 amide bonds. The number of halogens is 1. The third kappa shape index (κ3) is 4.10. The fourth-order valence-electron chi connectivity index (χ4n) is 3.68. The largest absolute Gasteiger partial charge is 0.303 e. The molecule has 0 aliphatic heterocycles. The van der Waals surface area contributed by atoms with E-state index in [1.807, 2.05) is 51.2 Å². The van der Waals surface area contributed by atoms with Crippen molar-refractivity contribution >= 4 is 33.0 Å². The molecule has 0 unspecified atom stereocenters. The molecular weight excluding hydrogens is 454 g/mol. The molecule has 6 nitrogen and oxygen atoms in total. The van der Waals surface area contributed by atoms with Gasteiger partial charge in [0.25, 0.3) is 5.56 Å². The van der Waals surface area contributed by atoms with Gasteiger partial charge < -0.3 is 4.57 Å². The molecule has 0 aliphatic carbocycles. The molecule has 0 spiro atoms. The van der Waals surface area contributed by atoms with Gasteiger partial charge in [0.05, 0.1) is 17.1 Å². The fraction of sp³-hybridized carbons (Fsp3) is 0.250. The van der Waals surface area contributed by atoms with Crippen LogP contribution in [-0.2, 0) is 6.42 Å². The Kier molecular flexibility index (Phi) is 5.87. The van der Waals surface area contributed by atoms with E-state index >= 15 is 0 Å². The molecule has 0 N–H and O–H groups in total. The average molecular weight is 478 g/mol. The van der Waals surface area contributed by atoms with Crippen molar-refractivity contribution < 1.29 is 0 Å². The molecule has 0 atom stereocenters. The van der Waals surface area contributed by atoms with Crippen molar-refractivity contribution in [3.63, 3.8) is 0 Å². The van der Waals surface area contributed by atoms with Crippen molar-refractivity contribution in [1.82, 2.24) is 19.2 Å². The van der Waals surface area contributed by atoms with Gasteiger partial charge in [-0.05, 0) is 63.1 Å². The van der Waals surface area contributed by atoms with Gasteiger partial charge in [-0.2, -0.15) is 9.78 Å². The molecule has 0 fully saturated rings. The maximum Gasteiger partial charge on any atom is 0.282 e. The number of aromatic nitrogens is 4. The molecule has 158 valence electrons. The molecule has 7 heteroatoms. The number of nitrogens with zero attached hydrogens (tertiary/aromatic N) is 5. The van der Waals surface area contributed by atoms with E-state index in [9.17, 15) is 4.79 Å². The summed E-state index contributed by atoms with van der Waals surface area (Å²) in [7, 11) is 0. The van der Waals surface area contributed by atoms with Crippen molar-refractivity contribution in [3.05, 3.63) is 85.8 Å². The molecular formula is C24H24BrN5O. The summed E-state index contributed by atoms with van der Waals surface area (Å²) in [4.78, 5) is 22.4. The predicted molar refractivity (Wildman–Crippen MR) is 128 cm³/mol. The quantitative estimate of drug-likeness (QED) is 0.375. The van der Waals surface area contributed by atoms with Crippen molar-refractivity contribution in [2.45, 2.75) is 40.5 Å². The molecule has 4 aromatic rings. The smallest absolute Gasteiger partial charge is 0.282 e. The Bertz CT molecular complexity index is 1350. The summed E-state index contributed by atoms with van der Waals surface area (Å²) >= 11 is 3.44. The van der Waals surface area contributed by atoms with E-state index in [1.165, 1.54) is 4.68 Å². The van der Waals surface area contributed by atoms with Crippen LogP contribution in [0.25, 0.3) is 16.7 Å². The van der Waals surface area contributed by atoms with Crippen LogP contribution in [0.5, 0.6) is 0 Å². The average Bonchev–Trinajstić information content (AvgIpc) is 3.02. The number of rotatable bonds is 5. The van der Waals surface area contributed by atoms with E-state index < -0.39 is 0 Å². The van der Waals surface area contributed by atoms with Gasteiger partial charge in [-0.1, -0.05) is 28.9 Å². The lowest BCUT2D eigenvalue weighted by Crippen LogP contribution is -2.22. The zero-order chi connectivity index (χ0) is 22.1. The third-order valence-electron chi connectivity index (χ3n) is 5.26. The van der Waals surface area contributed by atoms with Crippen LogP contribution in [0.15, 0.2) is 57.0 Å². The van der Waals surface area contributed by atoms with Crippen LogP contribution in [0.3, 0.4) is 0 Å². The van der Waals surface area contributed by atoms with E-state index in [-0.39, 0.29) is 5.56 Å². The number of pyridine rings is 1. The number of fused-ring (bicyclic) bond motifs is 1. The first-order valence-electron chi connectivity index (χ1n) is 10.3. The second-order valence-corrected chi connectivity index (χ2v) is 8.57. The van der Waals surface area contributed by atoms with Gasteiger partial charge in [-0.3, -0.25) is 4.79 Å². The second kappa shape index (κ2) is 8.59. The summed E-state index contributed by atoms with van der Waals surface area (Å²) in [6, 6.07) is 11.6. The third-order valence-corrected chi connectivity index (χ3v) is 5.75. The Hall–Kier alpha value is -3.06. The van der Waals surface area contributed by atoms with Gasteiger partial charge in [0.1, 0.15) is 11.6 Å². The first-order valence-corrected chi connectivity index (χ1v) is 11.1. The minimum absolute atomic E-state index is 0.167. The van der Waals surface area contributed by atoms with E-state index in [1.54, 1.807) is 12.3 Å². The summed E-state index contributed by atoms with van der Waals surface area (Å²) in [5, 5.41) is 5.11. The lowest BCUT2D eigenvalue weighted by atomic mass is 10.2. The highest BCUT2D eigenvalue weighted by Gasteiger charge is 2.13. The fourth-order valence-corrected chi connectivity index (χ4v) is 4.04. The molecule has 31 heavy (non-hydrogen) atoms. The summed E-state index contributed by atoms with van der Waals surface area (Å²) < 4.78 is 4.35. The topological polar surface area (TPSA) is 65.1 Å². The Morgan fingerprint density at radius 2 is 1.94 bits per heavy atom. The first kappa shape index (κ1) is 21.2. The van der Waals surface area contributed by atoms with Gasteiger partial charge in [0.15, 0.2) is 0 Å². The number of hydrogen-bond acceptors (Lipinski definition) is 4. The zero-order valence-electron chi connectivity index (χ0n) is 18.1. The molecule has 4 rings (SSSR count). The first-order chi connectivity index (χ1) is 14.9. The Morgan fingerprint density at radius 1 is 1.13 bits per heavy atom. The number of benzene rings is 1. The van der Waals surface area contributed by atoms with Crippen LogP contribution in [0.2, 0.25) is 0 Å². The summed E-state index contributed by atoms with van der Waals surface area (Å²) in [5.41, 5.74) is 4.64. The van der Waals surface area contributed by atoms with E-state index in [2.05, 4.69) is 43.6 Å². The number of hydrogen-bond donors (Lipinski definition) is 0. The van der Waals surface area contributed by atoms with Crippen LogP contribution >= 0.6 is 15.9 Å². The van der Waals surface area contributed by atoms with Crippen LogP contribution in [-0.4, -0.2) is 25.4 Å². The lowest BCUT2D eigenvalue weighted by Gasteiger charge is -2.09. The molecule has 3 heterocycles. The minimum Gasteiger partial charge on any atom is -0.303 e. The van der Waals surface area contributed by atoms with E-state index in [0.29, 0.717) is 23.1 Å². The second-order valence-electron chi connectivity index (χ2n) is 7.66. The summed E-state index contributed by atoms with van der Waals surface area (Å²) in [5.74, 6) is 1.52. The highest BCUT2D eigenvalue weighted by atomic mass is 79.9. The van der Waals surface area contributed by atoms with Gasteiger partial charge in [-0.15, -0.1) is 0 Å². The van der Waals surface area contributed by atoms with Crippen LogP contribution in [0.4, 0.5) is 0 Å². The Balaban J connectivity index is 1.81. The predicted octanol–water partition coefficient (Wildman–Crippen LogP) is 5.10. The monoisotopic (exact) mass is 477 g/mol. The van der Waals surface area contributed by atoms with Gasteiger partial charge in [0.2, 0.25) is 0 Å². The molecule has 0 bridgehead atoms. The molecule has 0 saturated heterocycles. The Labute approximate surface area is 189 Å². The normalized spacial score (nSPS) is 11.6. The van der Waals surface area contributed by atoms with Crippen molar-refractivity contribution in [2.75, 3.05) is 0 Å². The van der Waals surface area contributed by atoms with E-state index in [4.69, 9.17) is 4.98 Å². The van der Waals surface area contributed by atoms with Gasteiger partial charge in [0, 0.05) is 34.0 Å². The van der Waals surface area contributed by atoms with E-state index in [0.717, 1.165) is 39.2 Å². The van der Waals surface area contributed by atoms with Crippen molar-refractivity contribution in [3.8, 4) is 5.82 Å². The van der Waals surface area contributed by atoms with Gasteiger partial charge >= 0.3 is 0 Å². The molecule has 0 radical (unpaired) electrons. The number of aryl methyl sites for hydroxylation is 3. The van der Waals surface area contributed by atoms with Crippen molar-refractivity contribution in [1.29, 1.82) is 0 Å². The molecule has 3 aromatic heterocycles. The molecule has 0 saturated carbocycles. The SMILES string of the molecule is CCCc1nc2ccc(Br)cc2c(=O)n1N=Cc1cc(C)n(-c2ccc(C)cn2)c1C. The molecule has 1 aromatic carbocycles. The summed E-state index contributed by atoms with van der Waals surface area (Å²) in [6.07, 6.45) is 5.14. The van der Waals surface area contributed by atoms with Gasteiger partial charge in [-0.25, -0.2) is 9.97 Å². The minimum atomic E-state index is -0.167. The maximum absolute atomic E-state index is 13.2. The highest BCUT2D eigenvalue weighted by molar-refractivity contribution is 9.10. The zero-order valence-corrected chi connectivity index (χ0v) is 19.6. The Morgan fingerprint density at radius 3 is 2.65 bits per heavy atom.